The SMILES string of the molecule is Cc1ccc([N+](=O)[O-])cc1Oc1ccc(CN)cn1. The van der Waals surface area contributed by atoms with Gasteiger partial charge in [0.2, 0.25) is 5.88 Å². The van der Waals surface area contributed by atoms with Crippen molar-refractivity contribution in [3.8, 4) is 11.6 Å². The summed E-state index contributed by atoms with van der Waals surface area (Å²) in [7, 11) is 0. The minimum absolute atomic E-state index is 0.0146. The highest BCUT2D eigenvalue weighted by Crippen LogP contribution is 2.27. The van der Waals surface area contributed by atoms with E-state index in [1.807, 2.05) is 6.92 Å². The molecule has 19 heavy (non-hydrogen) atoms. The summed E-state index contributed by atoms with van der Waals surface area (Å²) < 4.78 is 5.54. The fraction of sp³-hybridized carbons (Fsp3) is 0.154. The highest BCUT2D eigenvalue weighted by atomic mass is 16.6. The first-order chi connectivity index (χ1) is 9.10. The Bertz CT molecular complexity index is 597. The van der Waals surface area contributed by atoms with Crippen molar-refractivity contribution in [2.24, 2.45) is 5.73 Å². The van der Waals surface area contributed by atoms with Crippen LogP contribution >= 0.6 is 0 Å². The van der Waals surface area contributed by atoms with Gasteiger partial charge in [-0.25, -0.2) is 4.98 Å². The first-order valence-electron chi connectivity index (χ1n) is 5.68. The lowest BCUT2D eigenvalue weighted by molar-refractivity contribution is -0.384. The molecule has 0 amide bonds. The van der Waals surface area contributed by atoms with Gasteiger partial charge in [-0.15, -0.1) is 0 Å². The number of hydrogen-bond acceptors (Lipinski definition) is 5. The molecule has 2 N–H and O–H groups in total. The second-order valence-electron chi connectivity index (χ2n) is 4.02. The molecular weight excluding hydrogens is 246 g/mol. The average Bonchev–Trinajstić information content (AvgIpc) is 2.42. The number of rotatable bonds is 4. The summed E-state index contributed by atoms with van der Waals surface area (Å²) in [6, 6.07) is 7.94. The molecule has 0 fully saturated rings. The van der Waals surface area contributed by atoms with Gasteiger partial charge in [-0.3, -0.25) is 10.1 Å². The van der Waals surface area contributed by atoms with Gasteiger partial charge in [0.15, 0.2) is 0 Å². The van der Waals surface area contributed by atoms with E-state index in [4.69, 9.17) is 10.5 Å². The molecule has 6 heteroatoms. The second kappa shape index (κ2) is 5.45. The Balaban J connectivity index is 2.26. The molecule has 0 spiro atoms. The Morgan fingerprint density at radius 1 is 1.37 bits per heavy atom. The standard InChI is InChI=1S/C13H13N3O3/c1-9-2-4-11(16(17)18)6-12(9)19-13-5-3-10(7-14)8-15-13/h2-6,8H,7,14H2,1H3. The number of pyridine rings is 1. The van der Waals surface area contributed by atoms with Gasteiger partial charge in [0.25, 0.3) is 5.69 Å². The molecule has 2 aromatic rings. The Kier molecular flexibility index (Phi) is 3.72. The third kappa shape index (κ3) is 3.05. The molecule has 0 atom stereocenters. The Morgan fingerprint density at radius 2 is 2.16 bits per heavy atom. The van der Waals surface area contributed by atoms with Crippen molar-refractivity contribution < 1.29 is 9.66 Å². The molecule has 0 aliphatic rings. The maximum absolute atomic E-state index is 10.7. The number of nitro benzene ring substituents is 1. The van der Waals surface area contributed by atoms with E-state index >= 15 is 0 Å². The lowest BCUT2D eigenvalue weighted by atomic mass is 10.2. The van der Waals surface area contributed by atoms with Gasteiger partial charge in [0.1, 0.15) is 5.75 Å². The molecule has 0 radical (unpaired) electrons. The van der Waals surface area contributed by atoms with Gasteiger partial charge in [0, 0.05) is 24.9 Å². The van der Waals surface area contributed by atoms with E-state index < -0.39 is 4.92 Å². The van der Waals surface area contributed by atoms with Crippen molar-refractivity contribution in [2.45, 2.75) is 13.5 Å². The number of nitrogens with two attached hydrogens (primary N) is 1. The molecule has 0 bridgehead atoms. The molecule has 0 aliphatic carbocycles. The summed E-state index contributed by atoms with van der Waals surface area (Å²) >= 11 is 0. The molecule has 2 rings (SSSR count). The van der Waals surface area contributed by atoms with E-state index in [0.717, 1.165) is 11.1 Å². The molecule has 0 saturated heterocycles. The largest absolute Gasteiger partial charge is 0.439 e. The van der Waals surface area contributed by atoms with Crippen LogP contribution in [0.1, 0.15) is 11.1 Å². The highest BCUT2D eigenvalue weighted by molar-refractivity contribution is 5.45. The topological polar surface area (TPSA) is 91.3 Å². The number of benzene rings is 1. The maximum atomic E-state index is 10.7. The minimum atomic E-state index is -0.461. The van der Waals surface area contributed by atoms with Crippen LogP contribution in [0, 0.1) is 17.0 Å². The van der Waals surface area contributed by atoms with Crippen LogP contribution in [-0.4, -0.2) is 9.91 Å². The summed E-state index contributed by atoms with van der Waals surface area (Å²) in [6.07, 6.45) is 1.61. The fourth-order valence-corrected chi connectivity index (χ4v) is 1.52. The minimum Gasteiger partial charge on any atom is -0.439 e. The predicted molar refractivity (Wildman–Crippen MR) is 70.0 cm³/mol. The zero-order valence-electron chi connectivity index (χ0n) is 10.4. The number of aryl methyl sites for hydroxylation is 1. The number of nitro groups is 1. The summed E-state index contributed by atoms with van der Waals surface area (Å²) in [6.45, 7) is 2.22. The van der Waals surface area contributed by atoms with E-state index in [2.05, 4.69) is 4.98 Å². The number of hydrogen-bond donors (Lipinski definition) is 1. The van der Waals surface area contributed by atoms with Gasteiger partial charge in [-0.05, 0) is 24.1 Å². The maximum Gasteiger partial charge on any atom is 0.273 e. The summed E-state index contributed by atoms with van der Waals surface area (Å²) in [5.74, 6) is 0.794. The zero-order valence-corrected chi connectivity index (χ0v) is 10.4. The summed E-state index contributed by atoms with van der Waals surface area (Å²) in [5, 5.41) is 10.7. The fourth-order valence-electron chi connectivity index (χ4n) is 1.52. The normalized spacial score (nSPS) is 10.2. The second-order valence-corrected chi connectivity index (χ2v) is 4.02. The lowest BCUT2D eigenvalue weighted by Gasteiger charge is -2.07. The van der Waals surface area contributed by atoms with Gasteiger partial charge >= 0.3 is 0 Å². The first-order valence-corrected chi connectivity index (χ1v) is 5.68. The van der Waals surface area contributed by atoms with Crippen LogP contribution in [0.2, 0.25) is 0 Å². The molecule has 1 heterocycles. The van der Waals surface area contributed by atoms with Gasteiger partial charge in [-0.2, -0.15) is 0 Å². The van der Waals surface area contributed by atoms with Gasteiger partial charge < -0.3 is 10.5 Å². The molecule has 1 aromatic heterocycles. The third-order valence-electron chi connectivity index (χ3n) is 2.63. The van der Waals surface area contributed by atoms with Gasteiger partial charge in [0.05, 0.1) is 11.0 Å². The van der Waals surface area contributed by atoms with Gasteiger partial charge in [-0.1, -0.05) is 6.07 Å². The molecule has 1 aromatic carbocycles. The third-order valence-corrected chi connectivity index (χ3v) is 2.63. The predicted octanol–water partition coefficient (Wildman–Crippen LogP) is 2.55. The highest BCUT2D eigenvalue weighted by Gasteiger charge is 2.10. The number of non-ortho nitro benzene ring substituents is 1. The van der Waals surface area contributed by atoms with E-state index in [-0.39, 0.29) is 5.69 Å². The zero-order chi connectivity index (χ0) is 13.8. The van der Waals surface area contributed by atoms with Crippen molar-refractivity contribution in [1.82, 2.24) is 4.98 Å². The van der Waals surface area contributed by atoms with Crippen LogP contribution < -0.4 is 10.5 Å². The lowest BCUT2D eigenvalue weighted by Crippen LogP contribution is -1.98. The number of nitrogens with zero attached hydrogens (tertiary/aromatic N) is 2. The number of ether oxygens (including phenoxy) is 1. The molecule has 6 nitrogen and oxygen atoms in total. The van der Waals surface area contributed by atoms with Crippen LogP contribution in [0.25, 0.3) is 0 Å². The first kappa shape index (κ1) is 13.0. The molecule has 98 valence electrons. The molecule has 0 aliphatic heterocycles. The van der Waals surface area contributed by atoms with Crippen molar-refractivity contribution in [2.75, 3.05) is 0 Å². The smallest absolute Gasteiger partial charge is 0.273 e. The van der Waals surface area contributed by atoms with E-state index in [0.29, 0.717) is 18.2 Å². The van der Waals surface area contributed by atoms with Crippen molar-refractivity contribution >= 4 is 5.69 Å². The van der Waals surface area contributed by atoms with E-state index in [9.17, 15) is 10.1 Å². The molecular formula is C13H13N3O3. The van der Waals surface area contributed by atoms with E-state index in [1.54, 1.807) is 24.4 Å². The monoisotopic (exact) mass is 259 g/mol. The molecule has 0 unspecified atom stereocenters. The van der Waals surface area contributed by atoms with Crippen LogP contribution in [0.3, 0.4) is 0 Å². The Labute approximate surface area is 110 Å². The van der Waals surface area contributed by atoms with Crippen LogP contribution in [-0.2, 0) is 6.54 Å². The number of aromatic nitrogens is 1. The van der Waals surface area contributed by atoms with Crippen LogP contribution in [0.5, 0.6) is 11.6 Å². The summed E-state index contributed by atoms with van der Waals surface area (Å²) in [5.41, 5.74) is 7.15. The van der Waals surface area contributed by atoms with E-state index in [1.165, 1.54) is 12.1 Å². The molecule has 0 saturated carbocycles. The van der Waals surface area contributed by atoms with Crippen LogP contribution in [0.4, 0.5) is 5.69 Å². The van der Waals surface area contributed by atoms with Crippen LogP contribution in [0.15, 0.2) is 36.5 Å². The average molecular weight is 259 g/mol. The van der Waals surface area contributed by atoms with Crippen molar-refractivity contribution in [3.63, 3.8) is 0 Å². The quantitative estimate of drug-likeness (QED) is 0.673. The van der Waals surface area contributed by atoms with Crippen molar-refractivity contribution in [1.29, 1.82) is 0 Å². The Hall–Kier alpha value is -2.47. The van der Waals surface area contributed by atoms with Crippen molar-refractivity contribution in [3.05, 3.63) is 57.8 Å². The Morgan fingerprint density at radius 3 is 2.74 bits per heavy atom. The summed E-state index contributed by atoms with van der Waals surface area (Å²) in [4.78, 5) is 14.3.